The zero-order valence-electron chi connectivity index (χ0n) is 15.1. The van der Waals surface area contributed by atoms with Gasteiger partial charge in [-0.1, -0.05) is 0 Å². The van der Waals surface area contributed by atoms with Crippen LogP contribution in [0, 0.1) is 17.1 Å². The molecule has 1 aliphatic rings. The molecule has 2 aromatic carbocycles. The van der Waals surface area contributed by atoms with Crippen LogP contribution in [0.5, 0.6) is 0 Å². The van der Waals surface area contributed by atoms with Crippen LogP contribution in [0.2, 0.25) is 0 Å². The van der Waals surface area contributed by atoms with Crippen LogP contribution < -0.4 is 15.1 Å². The molecule has 7 nitrogen and oxygen atoms in total. The first-order valence-corrected chi connectivity index (χ1v) is 8.94. The Kier molecular flexibility index (Phi) is 4.97. The molecular weight excluding hydrogens is 357 g/mol. The highest BCUT2D eigenvalue weighted by Crippen LogP contribution is 2.20. The standard InChI is InChI=1S/C20H18FN7/c21-16-3-7-18(8-4-16)27-9-11-28(12-10-27)19-14-23-26-20(25-19)24-17-5-1-15(13-22)2-6-17/h1-8,14H,9-12H2,(H,24,25,26). The van der Waals surface area contributed by atoms with Gasteiger partial charge in [0.05, 0.1) is 17.8 Å². The van der Waals surface area contributed by atoms with Crippen LogP contribution in [-0.4, -0.2) is 41.4 Å². The predicted octanol–water partition coefficient (Wildman–Crippen LogP) is 2.95. The number of anilines is 4. The van der Waals surface area contributed by atoms with E-state index >= 15 is 0 Å². The topological polar surface area (TPSA) is 81.0 Å². The Balaban J connectivity index is 1.40. The average molecular weight is 375 g/mol. The number of rotatable bonds is 4. The second-order valence-electron chi connectivity index (χ2n) is 6.40. The third kappa shape index (κ3) is 3.99. The van der Waals surface area contributed by atoms with E-state index in [0.29, 0.717) is 11.5 Å². The number of aromatic nitrogens is 3. The molecule has 28 heavy (non-hydrogen) atoms. The van der Waals surface area contributed by atoms with Crippen LogP contribution in [-0.2, 0) is 0 Å². The van der Waals surface area contributed by atoms with Gasteiger partial charge < -0.3 is 15.1 Å². The first kappa shape index (κ1) is 17.7. The number of nitrogens with zero attached hydrogens (tertiary/aromatic N) is 6. The number of hydrogen-bond donors (Lipinski definition) is 1. The molecular formula is C20H18FN7. The molecule has 1 N–H and O–H groups in total. The molecule has 1 saturated heterocycles. The molecule has 8 heteroatoms. The molecule has 4 rings (SSSR count). The van der Waals surface area contributed by atoms with E-state index in [1.165, 1.54) is 12.1 Å². The Morgan fingerprint density at radius 2 is 1.61 bits per heavy atom. The average Bonchev–Trinajstić information content (AvgIpc) is 2.75. The Bertz CT molecular complexity index is 975. The molecule has 0 unspecified atom stereocenters. The Morgan fingerprint density at radius 1 is 0.929 bits per heavy atom. The summed E-state index contributed by atoms with van der Waals surface area (Å²) in [4.78, 5) is 8.93. The lowest BCUT2D eigenvalue weighted by atomic mass is 10.2. The molecule has 2 heterocycles. The minimum Gasteiger partial charge on any atom is -0.368 e. The molecule has 1 aliphatic heterocycles. The number of benzene rings is 2. The van der Waals surface area contributed by atoms with Gasteiger partial charge in [0.25, 0.3) is 0 Å². The minimum atomic E-state index is -0.225. The molecule has 0 saturated carbocycles. The normalized spacial score (nSPS) is 13.9. The van der Waals surface area contributed by atoms with Crippen molar-refractivity contribution in [2.45, 2.75) is 0 Å². The zero-order chi connectivity index (χ0) is 19.3. The molecule has 0 amide bonds. The van der Waals surface area contributed by atoms with Crippen LogP contribution in [0.25, 0.3) is 0 Å². The van der Waals surface area contributed by atoms with E-state index in [-0.39, 0.29) is 5.82 Å². The van der Waals surface area contributed by atoms with Gasteiger partial charge in [-0.3, -0.25) is 0 Å². The van der Waals surface area contributed by atoms with Gasteiger partial charge in [0.1, 0.15) is 5.82 Å². The second-order valence-corrected chi connectivity index (χ2v) is 6.40. The maximum absolute atomic E-state index is 13.1. The smallest absolute Gasteiger partial charge is 0.249 e. The fourth-order valence-electron chi connectivity index (χ4n) is 3.10. The summed E-state index contributed by atoms with van der Waals surface area (Å²) >= 11 is 0. The van der Waals surface area contributed by atoms with Crippen molar-refractivity contribution in [2.24, 2.45) is 0 Å². The summed E-state index contributed by atoms with van der Waals surface area (Å²) in [5.41, 5.74) is 2.40. The van der Waals surface area contributed by atoms with Crippen molar-refractivity contribution < 1.29 is 4.39 Å². The van der Waals surface area contributed by atoms with Crippen molar-refractivity contribution in [3.8, 4) is 6.07 Å². The van der Waals surface area contributed by atoms with Crippen molar-refractivity contribution in [3.05, 3.63) is 66.1 Å². The highest BCUT2D eigenvalue weighted by atomic mass is 19.1. The van der Waals surface area contributed by atoms with Gasteiger partial charge >= 0.3 is 0 Å². The summed E-state index contributed by atoms with van der Waals surface area (Å²) in [6, 6.07) is 15.7. The minimum absolute atomic E-state index is 0.225. The van der Waals surface area contributed by atoms with E-state index < -0.39 is 0 Å². The lowest BCUT2D eigenvalue weighted by molar-refractivity contribution is 0.624. The van der Waals surface area contributed by atoms with Gasteiger partial charge in [0.15, 0.2) is 5.82 Å². The number of piperazine rings is 1. The van der Waals surface area contributed by atoms with Crippen LogP contribution in [0.15, 0.2) is 54.7 Å². The van der Waals surface area contributed by atoms with Crippen molar-refractivity contribution in [1.82, 2.24) is 15.2 Å². The molecule has 0 radical (unpaired) electrons. The van der Waals surface area contributed by atoms with Gasteiger partial charge in [-0.15, -0.1) is 5.10 Å². The fourth-order valence-corrected chi connectivity index (χ4v) is 3.10. The Morgan fingerprint density at radius 3 is 2.29 bits per heavy atom. The van der Waals surface area contributed by atoms with Crippen molar-refractivity contribution in [3.63, 3.8) is 0 Å². The maximum Gasteiger partial charge on any atom is 0.249 e. The molecule has 0 aliphatic carbocycles. The van der Waals surface area contributed by atoms with E-state index in [1.54, 1.807) is 42.6 Å². The van der Waals surface area contributed by atoms with E-state index in [1.807, 2.05) is 0 Å². The van der Waals surface area contributed by atoms with E-state index in [2.05, 4.69) is 36.4 Å². The van der Waals surface area contributed by atoms with Crippen LogP contribution in [0.4, 0.5) is 27.5 Å². The number of nitriles is 1. The third-order valence-electron chi connectivity index (χ3n) is 4.61. The Hall–Kier alpha value is -3.73. The zero-order valence-corrected chi connectivity index (χ0v) is 15.1. The number of nitrogens with one attached hydrogen (secondary N) is 1. The first-order valence-electron chi connectivity index (χ1n) is 8.94. The summed E-state index contributed by atoms with van der Waals surface area (Å²) < 4.78 is 13.1. The monoisotopic (exact) mass is 375 g/mol. The van der Waals surface area contributed by atoms with Gasteiger partial charge in [-0.2, -0.15) is 15.3 Å². The summed E-state index contributed by atoms with van der Waals surface area (Å²) in [5.74, 6) is 0.935. The van der Waals surface area contributed by atoms with Crippen LogP contribution in [0.1, 0.15) is 5.56 Å². The molecule has 1 fully saturated rings. The Labute approximate surface area is 162 Å². The van der Waals surface area contributed by atoms with Crippen molar-refractivity contribution in [2.75, 3.05) is 41.3 Å². The summed E-state index contributed by atoms with van der Waals surface area (Å²) in [7, 11) is 0. The molecule has 1 aromatic heterocycles. The largest absolute Gasteiger partial charge is 0.368 e. The highest BCUT2D eigenvalue weighted by Gasteiger charge is 2.19. The second kappa shape index (κ2) is 7.88. The van der Waals surface area contributed by atoms with Crippen LogP contribution >= 0.6 is 0 Å². The lowest BCUT2D eigenvalue weighted by Crippen LogP contribution is -2.46. The summed E-state index contributed by atoms with van der Waals surface area (Å²) in [5, 5.41) is 20.1. The first-order chi connectivity index (χ1) is 13.7. The SMILES string of the molecule is N#Cc1ccc(Nc2nncc(N3CCN(c4ccc(F)cc4)CC3)n2)cc1. The summed E-state index contributed by atoms with van der Waals surface area (Å²) in [6.45, 7) is 3.20. The van der Waals surface area contributed by atoms with E-state index in [9.17, 15) is 4.39 Å². The van der Waals surface area contributed by atoms with Gasteiger partial charge in [0.2, 0.25) is 5.95 Å². The van der Waals surface area contributed by atoms with Crippen molar-refractivity contribution >= 4 is 23.1 Å². The lowest BCUT2D eigenvalue weighted by Gasteiger charge is -2.36. The third-order valence-corrected chi connectivity index (χ3v) is 4.61. The predicted molar refractivity (Wildman–Crippen MR) is 105 cm³/mol. The highest BCUT2D eigenvalue weighted by molar-refractivity contribution is 5.56. The quantitative estimate of drug-likeness (QED) is 0.751. The summed E-state index contributed by atoms with van der Waals surface area (Å²) in [6.07, 6.45) is 1.65. The molecule has 3 aromatic rings. The molecule has 0 bridgehead atoms. The van der Waals surface area contributed by atoms with E-state index in [4.69, 9.17) is 5.26 Å². The van der Waals surface area contributed by atoms with Crippen molar-refractivity contribution in [1.29, 1.82) is 5.26 Å². The van der Waals surface area contributed by atoms with Crippen LogP contribution in [0.3, 0.4) is 0 Å². The number of halogens is 1. The fraction of sp³-hybridized carbons (Fsp3) is 0.200. The number of hydrogen-bond acceptors (Lipinski definition) is 7. The van der Waals surface area contributed by atoms with Gasteiger partial charge in [-0.25, -0.2) is 4.39 Å². The maximum atomic E-state index is 13.1. The molecule has 0 spiro atoms. The van der Waals surface area contributed by atoms with Gasteiger partial charge in [0, 0.05) is 37.6 Å². The van der Waals surface area contributed by atoms with Gasteiger partial charge in [-0.05, 0) is 48.5 Å². The molecule has 0 atom stereocenters. The molecule has 140 valence electrons. The van der Waals surface area contributed by atoms with E-state index in [0.717, 1.165) is 43.4 Å².